The van der Waals surface area contributed by atoms with E-state index >= 15 is 0 Å². The van der Waals surface area contributed by atoms with Crippen LogP contribution in [0.5, 0.6) is 0 Å². The van der Waals surface area contributed by atoms with Crippen molar-refractivity contribution < 1.29 is 0 Å². The summed E-state index contributed by atoms with van der Waals surface area (Å²) >= 11 is 0. The second-order valence-corrected chi connectivity index (χ2v) is 9.42. The van der Waals surface area contributed by atoms with Crippen molar-refractivity contribution in [2.45, 2.75) is 69.7 Å². The van der Waals surface area contributed by atoms with Gasteiger partial charge in [-0.25, -0.2) is 4.98 Å². The lowest BCUT2D eigenvalue weighted by atomic mass is 9.53. The van der Waals surface area contributed by atoms with Gasteiger partial charge in [0, 0.05) is 18.6 Å². The average Bonchev–Trinajstić information content (AvgIpc) is 3.27. The molecule has 0 radical (unpaired) electrons. The van der Waals surface area contributed by atoms with Gasteiger partial charge in [0.15, 0.2) is 5.82 Å². The molecule has 2 aromatic heterocycles. The van der Waals surface area contributed by atoms with E-state index in [-0.39, 0.29) is 5.54 Å². The topological polar surface area (TPSA) is 56.8 Å². The van der Waals surface area contributed by atoms with Gasteiger partial charge in [0.25, 0.3) is 0 Å². The van der Waals surface area contributed by atoms with Crippen LogP contribution in [0.4, 0.5) is 0 Å². The summed E-state index contributed by atoms with van der Waals surface area (Å²) in [7, 11) is 0. The Hall–Kier alpha value is -1.84. The third kappa shape index (κ3) is 2.34. The molecular formula is C22H28N4. The molecule has 0 amide bonds. The number of imidazole rings is 1. The van der Waals surface area contributed by atoms with E-state index in [2.05, 4.69) is 21.2 Å². The van der Waals surface area contributed by atoms with Crippen LogP contribution in [0.1, 0.15) is 68.2 Å². The first kappa shape index (κ1) is 15.2. The first-order valence-electron chi connectivity index (χ1n) is 10.6. The number of aromatic amines is 2. The van der Waals surface area contributed by atoms with E-state index in [4.69, 9.17) is 4.99 Å². The molecule has 4 fully saturated rings. The number of fused-ring (bicyclic) bond motifs is 1. The fraction of sp³-hybridized carbons (Fsp3) is 0.636. The summed E-state index contributed by atoms with van der Waals surface area (Å²) in [4.78, 5) is 16.8. The van der Waals surface area contributed by atoms with Gasteiger partial charge in [-0.15, -0.1) is 0 Å². The Balaban J connectivity index is 1.36. The van der Waals surface area contributed by atoms with E-state index in [1.807, 2.05) is 12.4 Å². The number of aliphatic imine (C=N–C) groups is 1. The lowest BCUT2D eigenvalue weighted by molar-refractivity contribution is 0.00194. The Morgan fingerprint density at radius 2 is 1.69 bits per heavy atom. The molecule has 7 rings (SSSR count). The molecule has 4 bridgehead atoms. The predicted molar refractivity (Wildman–Crippen MR) is 104 cm³/mol. The van der Waals surface area contributed by atoms with E-state index in [1.165, 1.54) is 80.3 Å². The largest absolute Gasteiger partial charge is 0.351 e. The summed E-state index contributed by atoms with van der Waals surface area (Å²) in [5, 5.41) is 0. The van der Waals surface area contributed by atoms with Gasteiger partial charge < -0.3 is 9.97 Å². The molecule has 136 valence electrons. The molecule has 2 aromatic rings. The number of H-pyrrole nitrogens is 2. The Morgan fingerprint density at radius 1 is 1.00 bits per heavy atom. The standard InChI is InChI=1S/C22H28N4/c1-2-4-18-17(3-1)19(26-20(18)21-23-5-6-24-21)13-25-22-10-14-7-15(11-22)9-16(8-14)12-22/h5-6,13-16,26H,1-4,7-12H2,(H,23,24). The molecule has 0 spiro atoms. The van der Waals surface area contributed by atoms with Crippen molar-refractivity contribution in [1.29, 1.82) is 0 Å². The number of aromatic nitrogens is 3. The van der Waals surface area contributed by atoms with Gasteiger partial charge in [-0.2, -0.15) is 0 Å². The fourth-order valence-corrected chi connectivity index (χ4v) is 6.90. The average molecular weight is 348 g/mol. The lowest BCUT2D eigenvalue weighted by Crippen LogP contribution is -2.49. The van der Waals surface area contributed by atoms with Crippen molar-refractivity contribution >= 4 is 6.21 Å². The Bertz CT molecular complexity index is 807. The third-order valence-electron chi connectivity index (χ3n) is 7.56. The van der Waals surface area contributed by atoms with Crippen LogP contribution in [0.3, 0.4) is 0 Å². The lowest BCUT2D eigenvalue weighted by Gasteiger charge is -2.54. The molecule has 0 saturated heterocycles. The van der Waals surface area contributed by atoms with Gasteiger partial charge >= 0.3 is 0 Å². The summed E-state index contributed by atoms with van der Waals surface area (Å²) in [5.74, 6) is 3.83. The SMILES string of the molecule is C(=NC12CC3CC(CC(C3)C1)C2)c1[nH]c(-c2ncc[nH]2)c2c1CCCC2. The van der Waals surface area contributed by atoms with Crippen molar-refractivity contribution in [1.82, 2.24) is 15.0 Å². The first-order valence-corrected chi connectivity index (χ1v) is 10.6. The van der Waals surface area contributed by atoms with Gasteiger partial charge in [-0.3, -0.25) is 4.99 Å². The minimum absolute atomic E-state index is 0.256. The highest BCUT2D eigenvalue weighted by molar-refractivity contribution is 5.83. The number of nitrogens with zero attached hydrogens (tertiary/aromatic N) is 2. The van der Waals surface area contributed by atoms with Crippen molar-refractivity contribution in [3.63, 3.8) is 0 Å². The summed E-state index contributed by atoms with van der Waals surface area (Å²) in [6.07, 6.45) is 19.3. The minimum Gasteiger partial charge on any atom is -0.351 e. The summed E-state index contributed by atoms with van der Waals surface area (Å²) < 4.78 is 0. The van der Waals surface area contributed by atoms with Crippen LogP contribution < -0.4 is 0 Å². The van der Waals surface area contributed by atoms with Crippen molar-refractivity contribution in [3.05, 3.63) is 29.2 Å². The zero-order chi connectivity index (χ0) is 17.1. The normalized spacial score (nSPS) is 35.3. The molecular weight excluding hydrogens is 320 g/mol. The van der Waals surface area contributed by atoms with Crippen LogP contribution in [0, 0.1) is 17.8 Å². The van der Waals surface area contributed by atoms with Crippen LogP contribution in [0.2, 0.25) is 0 Å². The molecule has 0 unspecified atom stereocenters. The highest BCUT2D eigenvalue weighted by Gasteiger charge is 2.50. The second kappa shape index (κ2) is 5.58. The Morgan fingerprint density at radius 3 is 2.35 bits per heavy atom. The molecule has 5 aliphatic carbocycles. The van der Waals surface area contributed by atoms with Gasteiger partial charge in [-0.05, 0) is 93.1 Å². The van der Waals surface area contributed by atoms with Gasteiger partial charge in [0.2, 0.25) is 0 Å². The zero-order valence-electron chi connectivity index (χ0n) is 15.4. The van der Waals surface area contributed by atoms with E-state index in [0.717, 1.165) is 30.0 Å². The van der Waals surface area contributed by atoms with Crippen LogP contribution in [-0.2, 0) is 12.8 Å². The molecule has 26 heavy (non-hydrogen) atoms. The molecule has 0 aliphatic heterocycles. The van der Waals surface area contributed by atoms with Crippen molar-refractivity contribution in [2.75, 3.05) is 0 Å². The molecule has 0 aromatic carbocycles. The zero-order valence-corrected chi connectivity index (χ0v) is 15.4. The maximum Gasteiger partial charge on any atom is 0.154 e. The first-order chi connectivity index (χ1) is 12.8. The number of nitrogens with one attached hydrogen (secondary N) is 2. The summed E-state index contributed by atoms with van der Waals surface area (Å²) in [6.45, 7) is 0. The van der Waals surface area contributed by atoms with Crippen LogP contribution in [-0.4, -0.2) is 26.7 Å². The fourth-order valence-electron chi connectivity index (χ4n) is 6.90. The Labute approximate surface area is 154 Å². The second-order valence-electron chi connectivity index (χ2n) is 9.42. The number of hydrogen-bond acceptors (Lipinski definition) is 2. The molecule has 5 aliphatic rings. The number of hydrogen-bond donors (Lipinski definition) is 2. The summed E-state index contributed by atoms with van der Waals surface area (Å²) in [6, 6.07) is 0. The molecule has 4 heteroatoms. The van der Waals surface area contributed by atoms with E-state index in [9.17, 15) is 0 Å². The van der Waals surface area contributed by atoms with Crippen molar-refractivity contribution in [3.8, 4) is 11.5 Å². The third-order valence-corrected chi connectivity index (χ3v) is 7.56. The van der Waals surface area contributed by atoms with Gasteiger partial charge in [0.1, 0.15) is 0 Å². The smallest absolute Gasteiger partial charge is 0.154 e. The molecule has 4 nitrogen and oxygen atoms in total. The molecule has 4 saturated carbocycles. The Kier molecular flexibility index (Phi) is 3.27. The van der Waals surface area contributed by atoms with Gasteiger partial charge in [0.05, 0.1) is 16.9 Å². The van der Waals surface area contributed by atoms with Crippen LogP contribution in [0.15, 0.2) is 17.4 Å². The maximum atomic E-state index is 5.30. The molecule has 0 atom stereocenters. The quantitative estimate of drug-likeness (QED) is 0.778. The van der Waals surface area contributed by atoms with Crippen LogP contribution >= 0.6 is 0 Å². The minimum atomic E-state index is 0.256. The number of rotatable bonds is 3. The highest BCUT2D eigenvalue weighted by Crippen LogP contribution is 2.57. The van der Waals surface area contributed by atoms with Gasteiger partial charge in [-0.1, -0.05) is 0 Å². The molecule has 2 heterocycles. The summed E-state index contributed by atoms with van der Waals surface area (Å²) in [5.41, 5.74) is 5.67. The molecule has 2 N–H and O–H groups in total. The van der Waals surface area contributed by atoms with Crippen molar-refractivity contribution in [2.24, 2.45) is 22.7 Å². The monoisotopic (exact) mass is 348 g/mol. The van der Waals surface area contributed by atoms with E-state index in [1.54, 1.807) is 0 Å². The maximum absolute atomic E-state index is 5.30. The highest BCUT2D eigenvalue weighted by atomic mass is 14.9. The van der Waals surface area contributed by atoms with Crippen LogP contribution in [0.25, 0.3) is 11.5 Å². The van der Waals surface area contributed by atoms with E-state index in [0.29, 0.717) is 0 Å². The van der Waals surface area contributed by atoms with E-state index < -0.39 is 0 Å². The predicted octanol–water partition coefficient (Wildman–Crippen LogP) is 4.67.